The summed E-state index contributed by atoms with van der Waals surface area (Å²) in [6.07, 6.45) is 1.92. The molecule has 21 heavy (non-hydrogen) atoms. The van der Waals surface area contributed by atoms with Gasteiger partial charge in [-0.15, -0.1) is 0 Å². The summed E-state index contributed by atoms with van der Waals surface area (Å²) >= 11 is 0. The van der Waals surface area contributed by atoms with Gasteiger partial charge >= 0.3 is 0 Å². The summed E-state index contributed by atoms with van der Waals surface area (Å²) in [5, 5.41) is 0. The van der Waals surface area contributed by atoms with E-state index in [0.717, 1.165) is 58.8 Å². The van der Waals surface area contributed by atoms with Crippen LogP contribution in [0.3, 0.4) is 0 Å². The Kier molecular flexibility index (Phi) is 7.43. The van der Waals surface area contributed by atoms with Crippen molar-refractivity contribution in [3.8, 4) is 0 Å². The maximum atomic E-state index is 12.4. The van der Waals surface area contributed by atoms with E-state index >= 15 is 0 Å². The summed E-state index contributed by atoms with van der Waals surface area (Å²) in [5.74, 6) is 0.375. The average Bonchev–Trinajstić information content (AvgIpc) is 2.93. The van der Waals surface area contributed by atoms with Crippen molar-refractivity contribution in [3.05, 3.63) is 0 Å². The first-order chi connectivity index (χ1) is 10.3. The van der Waals surface area contributed by atoms with Gasteiger partial charge in [-0.25, -0.2) is 0 Å². The zero-order valence-corrected chi connectivity index (χ0v) is 13.1. The van der Waals surface area contributed by atoms with E-state index in [0.29, 0.717) is 19.8 Å². The molecule has 0 aromatic carbocycles. The molecule has 0 aliphatic carbocycles. The first kappa shape index (κ1) is 16.7. The van der Waals surface area contributed by atoms with Crippen LogP contribution in [0.5, 0.6) is 0 Å². The van der Waals surface area contributed by atoms with E-state index in [-0.39, 0.29) is 11.8 Å². The molecule has 2 rings (SSSR count). The maximum absolute atomic E-state index is 12.4. The number of rotatable bonds is 7. The number of carbonyl (C=O) groups excluding carboxylic acids is 1. The Balaban J connectivity index is 1.65. The fourth-order valence-electron chi connectivity index (χ4n) is 2.84. The lowest BCUT2D eigenvalue weighted by Crippen LogP contribution is -2.39. The topological polar surface area (TPSA) is 51.2 Å². The van der Waals surface area contributed by atoms with Gasteiger partial charge in [-0.05, 0) is 19.4 Å². The standard InChI is InChI=1S/C15H28N2O4/c1-19-11-12-20-10-8-16-4-2-5-17(7-6-16)15(18)14-3-9-21-13-14/h14H,2-13H2,1H3. The second-order valence-corrected chi connectivity index (χ2v) is 5.69. The van der Waals surface area contributed by atoms with Gasteiger partial charge in [-0.2, -0.15) is 0 Å². The normalized spacial score (nSPS) is 24.2. The van der Waals surface area contributed by atoms with E-state index in [1.165, 1.54) is 0 Å². The summed E-state index contributed by atoms with van der Waals surface area (Å²) in [7, 11) is 1.68. The fraction of sp³-hybridized carbons (Fsp3) is 0.933. The van der Waals surface area contributed by atoms with Crippen molar-refractivity contribution in [3.63, 3.8) is 0 Å². The highest BCUT2D eigenvalue weighted by Crippen LogP contribution is 2.16. The summed E-state index contributed by atoms with van der Waals surface area (Å²) in [6, 6.07) is 0. The quantitative estimate of drug-likeness (QED) is 0.630. The molecule has 0 N–H and O–H groups in total. The highest BCUT2D eigenvalue weighted by molar-refractivity contribution is 5.79. The summed E-state index contributed by atoms with van der Waals surface area (Å²) in [5.41, 5.74) is 0. The highest BCUT2D eigenvalue weighted by atomic mass is 16.5. The molecule has 1 amide bonds. The molecule has 0 radical (unpaired) electrons. The maximum Gasteiger partial charge on any atom is 0.228 e. The Labute approximate surface area is 127 Å². The Hall–Kier alpha value is -0.690. The van der Waals surface area contributed by atoms with Crippen molar-refractivity contribution < 1.29 is 19.0 Å². The van der Waals surface area contributed by atoms with Crippen LogP contribution in [0.4, 0.5) is 0 Å². The van der Waals surface area contributed by atoms with E-state index in [9.17, 15) is 4.79 Å². The largest absolute Gasteiger partial charge is 0.382 e. The van der Waals surface area contributed by atoms with Crippen LogP contribution in [0.15, 0.2) is 0 Å². The van der Waals surface area contributed by atoms with Crippen molar-refractivity contribution >= 4 is 5.91 Å². The van der Waals surface area contributed by atoms with Crippen LogP contribution in [-0.2, 0) is 19.0 Å². The lowest BCUT2D eigenvalue weighted by molar-refractivity contribution is -0.135. The zero-order chi connectivity index (χ0) is 14.9. The molecular formula is C15H28N2O4. The van der Waals surface area contributed by atoms with Gasteiger partial charge < -0.3 is 19.1 Å². The SMILES string of the molecule is COCCOCCN1CCCN(C(=O)C2CCOC2)CC1. The molecule has 6 heteroatoms. The van der Waals surface area contributed by atoms with Crippen LogP contribution in [-0.4, -0.2) is 88.6 Å². The molecule has 0 saturated carbocycles. The second-order valence-electron chi connectivity index (χ2n) is 5.69. The molecule has 0 aromatic heterocycles. The lowest BCUT2D eigenvalue weighted by atomic mass is 10.1. The lowest BCUT2D eigenvalue weighted by Gasteiger charge is -2.24. The molecule has 0 bridgehead atoms. The van der Waals surface area contributed by atoms with Crippen molar-refractivity contribution in [2.45, 2.75) is 12.8 Å². The first-order valence-corrected chi connectivity index (χ1v) is 7.97. The Morgan fingerprint density at radius 3 is 2.86 bits per heavy atom. The van der Waals surface area contributed by atoms with Gasteiger partial charge in [-0.1, -0.05) is 0 Å². The summed E-state index contributed by atoms with van der Waals surface area (Å²) in [6.45, 7) is 7.96. The minimum atomic E-state index is 0.0916. The van der Waals surface area contributed by atoms with E-state index < -0.39 is 0 Å². The number of hydrogen-bond acceptors (Lipinski definition) is 5. The first-order valence-electron chi connectivity index (χ1n) is 7.97. The zero-order valence-electron chi connectivity index (χ0n) is 13.1. The summed E-state index contributed by atoms with van der Waals surface area (Å²) in [4.78, 5) is 16.8. The van der Waals surface area contributed by atoms with Gasteiger partial charge in [0.25, 0.3) is 0 Å². The molecule has 122 valence electrons. The molecule has 6 nitrogen and oxygen atoms in total. The monoisotopic (exact) mass is 300 g/mol. The van der Waals surface area contributed by atoms with Crippen molar-refractivity contribution in [1.29, 1.82) is 0 Å². The van der Waals surface area contributed by atoms with E-state index in [2.05, 4.69) is 4.90 Å². The van der Waals surface area contributed by atoms with Gasteiger partial charge in [0, 0.05) is 39.9 Å². The van der Waals surface area contributed by atoms with Gasteiger partial charge in [0.05, 0.1) is 32.3 Å². The van der Waals surface area contributed by atoms with Gasteiger partial charge in [0.2, 0.25) is 5.91 Å². The average molecular weight is 300 g/mol. The van der Waals surface area contributed by atoms with E-state index in [1.54, 1.807) is 7.11 Å². The Bertz CT molecular complexity index is 308. The molecule has 0 spiro atoms. The van der Waals surface area contributed by atoms with Crippen LogP contribution in [0.1, 0.15) is 12.8 Å². The van der Waals surface area contributed by atoms with Crippen LogP contribution >= 0.6 is 0 Å². The Morgan fingerprint density at radius 1 is 1.19 bits per heavy atom. The van der Waals surface area contributed by atoms with Crippen molar-refractivity contribution in [2.75, 3.05) is 72.9 Å². The van der Waals surface area contributed by atoms with E-state index in [1.807, 2.05) is 4.90 Å². The molecule has 2 saturated heterocycles. The van der Waals surface area contributed by atoms with Crippen LogP contribution < -0.4 is 0 Å². The van der Waals surface area contributed by atoms with Crippen LogP contribution in [0, 0.1) is 5.92 Å². The smallest absolute Gasteiger partial charge is 0.228 e. The Morgan fingerprint density at radius 2 is 2.10 bits per heavy atom. The molecule has 2 fully saturated rings. The van der Waals surface area contributed by atoms with Gasteiger partial charge in [0.1, 0.15) is 0 Å². The van der Waals surface area contributed by atoms with Gasteiger partial charge in [-0.3, -0.25) is 9.69 Å². The number of amides is 1. The number of methoxy groups -OCH3 is 1. The molecule has 2 aliphatic heterocycles. The van der Waals surface area contributed by atoms with Crippen molar-refractivity contribution in [1.82, 2.24) is 9.80 Å². The number of nitrogens with zero attached hydrogens (tertiary/aromatic N) is 2. The number of carbonyl (C=O) groups is 1. The third kappa shape index (κ3) is 5.54. The minimum absolute atomic E-state index is 0.0916. The predicted octanol–water partition coefficient (Wildman–Crippen LogP) is 0.220. The van der Waals surface area contributed by atoms with Gasteiger partial charge in [0.15, 0.2) is 0 Å². The molecular weight excluding hydrogens is 272 g/mol. The molecule has 1 atom stereocenters. The van der Waals surface area contributed by atoms with Crippen LogP contribution in [0.25, 0.3) is 0 Å². The number of ether oxygens (including phenoxy) is 3. The van der Waals surface area contributed by atoms with E-state index in [4.69, 9.17) is 14.2 Å². The molecule has 1 unspecified atom stereocenters. The third-order valence-electron chi connectivity index (χ3n) is 4.16. The summed E-state index contributed by atoms with van der Waals surface area (Å²) < 4.78 is 15.8. The third-order valence-corrected chi connectivity index (χ3v) is 4.16. The highest BCUT2D eigenvalue weighted by Gasteiger charge is 2.28. The predicted molar refractivity (Wildman–Crippen MR) is 79.3 cm³/mol. The van der Waals surface area contributed by atoms with Crippen molar-refractivity contribution in [2.24, 2.45) is 5.92 Å². The number of hydrogen-bond donors (Lipinski definition) is 0. The molecule has 2 heterocycles. The van der Waals surface area contributed by atoms with Crippen LogP contribution in [0.2, 0.25) is 0 Å². The fourth-order valence-corrected chi connectivity index (χ4v) is 2.84. The minimum Gasteiger partial charge on any atom is -0.382 e. The molecule has 2 aliphatic rings. The second kappa shape index (κ2) is 9.35. The molecule has 0 aromatic rings.